The molecule has 0 unspecified atom stereocenters. The van der Waals surface area contributed by atoms with Crippen LogP contribution in [0.3, 0.4) is 0 Å². The van der Waals surface area contributed by atoms with Gasteiger partial charge in [-0.25, -0.2) is 4.98 Å². The molecule has 0 spiro atoms. The van der Waals surface area contributed by atoms with Crippen molar-refractivity contribution in [3.05, 3.63) is 77.2 Å². The Bertz CT molecular complexity index is 801. The summed E-state index contributed by atoms with van der Waals surface area (Å²) < 4.78 is 3.32. The summed E-state index contributed by atoms with van der Waals surface area (Å²) in [5.74, 6) is 0. The lowest BCUT2D eigenvalue weighted by Gasteiger charge is -2.06. The van der Waals surface area contributed by atoms with Crippen molar-refractivity contribution in [3.63, 3.8) is 0 Å². The van der Waals surface area contributed by atoms with E-state index < -0.39 is 0 Å². The predicted octanol–water partition coefficient (Wildman–Crippen LogP) is 2.86. The van der Waals surface area contributed by atoms with Crippen LogP contribution in [-0.4, -0.2) is 20.4 Å². The number of carbonyl (C=O) groups excluding carboxylic acids is 1. The first-order chi connectivity index (χ1) is 10.8. The highest BCUT2D eigenvalue weighted by Gasteiger charge is 2.01. The highest BCUT2D eigenvalue weighted by Crippen LogP contribution is 2.12. The summed E-state index contributed by atoms with van der Waals surface area (Å²) in [7, 11) is 0. The summed E-state index contributed by atoms with van der Waals surface area (Å²) in [4.78, 5) is 26.3. The van der Waals surface area contributed by atoms with Crippen LogP contribution in [0.25, 0.3) is 11.4 Å². The molecule has 0 amide bonds. The molecule has 0 atom stereocenters. The van der Waals surface area contributed by atoms with Crippen LogP contribution in [0.15, 0.2) is 66.0 Å². The molecule has 0 aliphatic rings. The lowest BCUT2D eigenvalue weighted by Crippen LogP contribution is -2.15. The fourth-order valence-corrected chi connectivity index (χ4v) is 1.97. The summed E-state index contributed by atoms with van der Waals surface area (Å²) in [6, 6.07) is 12.5. The van der Waals surface area contributed by atoms with Crippen LogP contribution in [0.4, 0.5) is 0 Å². The van der Waals surface area contributed by atoms with Gasteiger partial charge in [-0.2, -0.15) is 0 Å². The van der Waals surface area contributed by atoms with Crippen molar-refractivity contribution in [1.82, 2.24) is 14.1 Å². The standard InChI is InChI=1S/C15H11N3O2.C2H6/c19-10-12-9-17(11-16-12)13-4-6-14(7-5-13)18-8-2-1-3-15(18)20;1-2/h1-11H;1-2H3. The third-order valence-electron chi connectivity index (χ3n) is 2.97. The van der Waals surface area contributed by atoms with Gasteiger partial charge in [-0.15, -0.1) is 0 Å². The molecule has 0 saturated heterocycles. The van der Waals surface area contributed by atoms with Crippen LogP contribution in [0, 0.1) is 0 Å². The Morgan fingerprint density at radius 1 is 1.00 bits per heavy atom. The number of hydrogen-bond donors (Lipinski definition) is 0. The largest absolute Gasteiger partial charge is 0.306 e. The van der Waals surface area contributed by atoms with Gasteiger partial charge in [-0.1, -0.05) is 19.9 Å². The average Bonchev–Trinajstić information content (AvgIpc) is 3.06. The first-order valence-corrected chi connectivity index (χ1v) is 7.05. The van der Waals surface area contributed by atoms with Crippen molar-refractivity contribution in [3.8, 4) is 11.4 Å². The van der Waals surface area contributed by atoms with Gasteiger partial charge in [0.15, 0.2) is 6.29 Å². The van der Waals surface area contributed by atoms with Crippen molar-refractivity contribution in [2.24, 2.45) is 0 Å². The average molecular weight is 295 g/mol. The Balaban J connectivity index is 0.000000847. The number of nitrogens with zero attached hydrogens (tertiary/aromatic N) is 3. The zero-order valence-electron chi connectivity index (χ0n) is 12.5. The van der Waals surface area contributed by atoms with Gasteiger partial charge in [0.2, 0.25) is 0 Å². The van der Waals surface area contributed by atoms with Crippen LogP contribution >= 0.6 is 0 Å². The third-order valence-corrected chi connectivity index (χ3v) is 2.97. The third kappa shape index (κ3) is 3.20. The number of aromatic nitrogens is 3. The van der Waals surface area contributed by atoms with Crippen molar-refractivity contribution in [2.75, 3.05) is 0 Å². The Morgan fingerprint density at radius 3 is 2.27 bits per heavy atom. The topological polar surface area (TPSA) is 56.9 Å². The SMILES string of the molecule is CC.O=Cc1cn(-c2ccc(-n3ccccc3=O)cc2)cn1. The number of pyridine rings is 1. The van der Waals surface area contributed by atoms with Crippen LogP contribution in [-0.2, 0) is 0 Å². The molecule has 1 aromatic carbocycles. The predicted molar refractivity (Wildman–Crippen MR) is 85.9 cm³/mol. The number of carbonyl (C=O) groups is 1. The Kier molecular flexibility index (Phi) is 5.03. The molecular formula is C17H17N3O2. The monoisotopic (exact) mass is 295 g/mol. The van der Waals surface area contributed by atoms with Crippen LogP contribution < -0.4 is 5.56 Å². The molecule has 0 radical (unpaired) electrons. The maximum Gasteiger partial charge on any atom is 0.255 e. The molecule has 0 aliphatic carbocycles. The molecule has 3 aromatic rings. The molecule has 22 heavy (non-hydrogen) atoms. The molecule has 2 heterocycles. The van der Waals surface area contributed by atoms with Gasteiger partial charge in [0.05, 0.1) is 0 Å². The van der Waals surface area contributed by atoms with Crippen molar-refractivity contribution >= 4 is 6.29 Å². The smallest absolute Gasteiger partial charge is 0.255 e. The second-order valence-electron chi connectivity index (χ2n) is 4.25. The zero-order valence-corrected chi connectivity index (χ0v) is 12.5. The van der Waals surface area contributed by atoms with Gasteiger partial charge in [0, 0.05) is 29.8 Å². The molecule has 0 N–H and O–H groups in total. The lowest BCUT2D eigenvalue weighted by molar-refractivity contribution is 0.111. The van der Waals surface area contributed by atoms with E-state index in [4.69, 9.17) is 0 Å². The molecule has 5 heteroatoms. The quantitative estimate of drug-likeness (QED) is 0.698. The van der Waals surface area contributed by atoms with Crippen LogP contribution in [0.2, 0.25) is 0 Å². The van der Waals surface area contributed by atoms with Gasteiger partial charge in [0.1, 0.15) is 12.0 Å². The van der Waals surface area contributed by atoms with E-state index in [2.05, 4.69) is 4.98 Å². The van der Waals surface area contributed by atoms with E-state index in [1.54, 1.807) is 33.9 Å². The summed E-state index contributed by atoms with van der Waals surface area (Å²) in [6.07, 6.45) is 5.65. The fourth-order valence-electron chi connectivity index (χ4n) is 1.97. The van der Waals surface area contributed by atoms with Gasteiger partial charge in [-0.05, 0) is 30.3 Å². The highest BCUT2D eigenvalue weighted by atomic mass is 16.1. The number of rotatable bonds is 3. The van der Waals surface area contributed by atoms with E-state index in [0.29, 0.717) is 12.0 Å². The number of hydrogen-bond acceptors (Lipinski definition) is 3. The lowest BCUT2D eigenvalue weighted by atomic mass is 10.2. The minimum absolute atomic E-state index is 0.0777. The van der Waals surface area contributed by atoms with Crippen LogP contribution in [0.1, 0.15) is 24.3 Å². The van der Waals surface area contributed by atoms with E-state index in [9.17, 15) is 9.59 Å². The molecule has 3 rings (SSSR count). The molecule has 5 nitrogen and oxygen atoms in total. The Labute approximate surface area is 128 Å². The minimum Gasteiger partial charge on any atom is -0.306 e. The maximum atomic E-state index is 11.7. The maximum absolute atomic E-state index is 11.7. The molecule has 112 valence electrons. The fraction of sp³-hybridized carbons (Fsp3) is 0.118. The van der Waals surface area contributed by atoms with Crippen LogP contribution in [0.5, 0.6) is 0 Å². The van der Waals surface area contributed by atoms with Gasteiger partial charge >= 0.3 is 0 Å². The first kappa shape index (κ1) is 15.4. The molecule has 2 aromatic heterocycles. The molecular weight excluding hydrogens is 278 g/mol. The highest BCUT2D eigenvalue weighted by molar-refractivity contribution is 5.71. The van der Waals surface area contributed by atoms with Crippen molar-refractivity contribution in [2.45, 2.75) is 13.8 Å². The minimum atomic E-state index is -0.0777. The van der Waals surface area contributed by atoms with Gasteiger partial charge < -0.3 is 4.57 Å². The molecule has 0 saturated carbocycles. The van der Waals surface area contributed by atoms with E-state index in [0.717, 1.165) is 11.4 Å². The zero-order chi connectivity index (χ0) is 15.9. The van der Waals surface area contributed by atoms with Crippen molar-refractivity contribution < 1.29 is 4.79 Å². The van der Waals surface area contributed by atoms with E-state index in [1.165, 1.54) is 6.07 Å². The second kappa shape index (κ2) is 7.17. The normalized spacial score (nSPS) is 9.73. The summed E-state index contributed by atoms with van der Waals surface area (Å²) in [6.45, 7) is 4.00. The summed E-state index contributed by atoms with van der Waals surface area (Å²) in [5, 5.41) is 0. The molecule has 0 aliphatic heterocycles. The van der Waals surface area contributed by atoms with E-state index in [-0.39, 0.29) is 5.56 Å². The second-order valence-corrected chi connectivity index (χ2v) is 4.25. The van der Waals surface area contributed by atoms with Crippen molar-refractivity contribution in [1.29, 1.82) is 0 Å². The summed E-state index contributed by atoms with van der Waals surface area (Å²) >= 11 is 0. The van der Waals surface area contributed by atoms with Gasteiger partial charge in [-0.3, -0.25) is 14.2 Å². The summed E-state index contributed by atoms with van der Waals surface area (Å²) in [5.41, 5.74) is 1.97. The molecule has 0 fully saturated rings. The van der Waals surface area contributed by atoms with E-state index in [1.807, 2.05) is 44.2 Å². The first-order valence-electron chi connectivity index (χ1n) is 7.05. The Hall–Kier alpha value is -2.95. The number of benzene rings is 1. The number of aldehydes is 1. The number of imidazole rings is 1. The van der Waals surface area contributed by atoms with E-state index >= 15 is 0 Å². The Morgan fingerprint density at radius 2 is 1.68 bits per heavy atom. The molecule has 0 bridgehead atoms. The van der Waals surface area contributed by atoms with Gasteiger partial charge in [0.25, 0.3) is 5.56 Å².